The number of nitrogen functional groups attached to an aromatic ring is 1. The standard InChI is InChI=1S/C11H17N5O/c1-11(5-2-6-11)7-13-10(17)8-3-4-9(14-12)16-15-8/h3-4H,2,5-7,12H2,1H3,(H,13,17)(H,14,16). The molecule has 2 rings (SSSR count). The lowest BCUT2D eigenvalue weighted by Crippen LogP contribution is -2.40. The first-order valence-electron chi connectivity index (χ1n) is 5.71. The monoisotopic (exact) mass is 235 g/mol. The second kappa shape index (κ2) is 4.67. The van der Waals surface area contributed by atoms with Crippen molar-refractivity contribution in [2.45, 2.75) is 26.2 Å². The third-order valence-corrected chi connectivity index (χ3v) is 3.28. The largest absolute Gasteiger partial charge is 0.350 e. The van der Waals surface area contributed by atoms with Gasteiger partial charge in [-0.1, -0.05) is 13.3 Å². The Labute approximate surface area is 100.0 Å². The number of hydrogen-bond acceptors (Lipinski definition) is 5. The van der Waals surface area contributed by atoms with Crippen LogP contribution in [0.4, 0.5) is 5.82 Å². The minimum atomic E-state index is -0.186. The molecule has 6 nitrogen and oxygen atoms in total. The van der Waals surface area contributed by atoms with Crippen LogP contribution in [-0.2, 0) is 0 Å². The normalized spacial score (nSPS) is 17.1. The van der Waals surface area contributed by atoms with E-state index in [0.29, 0.717) is 18.1 Å². The number of hydrazine groups is 1. The van der Waals surface area contributed by atoms with E-state index in [1.54, 1.807) is 12.1 Å². The van der Waals surface area contributed by atoms with Gasteiger partial charge >= 0.3 is 0 Å². The number of nitrogens with two attached hydrogens (primary N) is 1. The predicted molar refractivity (Wildman–Crippen MR) is 64.1 cm³/mol. The number of aromatic nitrogens is 2. The Morgan fingerprint density at radius 3 is 2.71 bits per heavy atom. The first kappa shape index (κ1) is 11.8. The average Bonchev–Trinajstić information content (AvgIpc) is 2.33. The molecule has 4 N–H and O–H groups in total. The summed E-state index contributed by atoms with van der Waals surface area (Å²) in [4.78, 5) is 11.8. The van der Waals surface area contributed by atoms with Crippen LogP contribution in [0.2, 0.25) is 0 Å². The molecule has 0 radical (unpaired) electrons. The fraction of sp³-hybridized carbons (Fsp3) is 0.545. The first-order valence-corrected chi connectivity index (χ1v) is 5.71. The summed E-state index contributed by atoms with van der Waals surface area (Å²) in [5.41, 5.74) is 2.94. The van der Waals surface area contributed by atoms with Crippen molar-refractivity contribution in [2.24, 2.45) is 11.3 Å². The molecule has 0 aromatic carbocycles. The van der Waals surface area contributed by atoms with E-state index in [0.717, 1.165) is 0 Å². The summed E-state index contributed by atoms with van der Waals surface area (Å²) in [7, 11) is 0. The van der Waals surface area contributed by atoms with Crippen LogP contribution in [0.3, 0.4) is 0 Å². The zero-order chi connectivity index (χ0) is 12.3. The molecular formula is C11H17N5O. The Hall–Kier alpha value is -1.69. The molecule has 0 saturated heterocycles. The van der Waals surface area contributed by atoms with Crippen LogP contribution in [0.25, 0.3) is 0 Å². The number of hydrogen-bond donors (Lipinski definition) is 3. The Balaban J connectivity index is 1.90. The molecule has 0 bridgehead atoms. The van der Waals surface area contributed by atoms with Crippen LogP contribution in [0.1, 0.15) is 36.7 Å². The van der Waals surface area contributed by atoms with Crippen molar-refractivity contribution in [3.05, 3.63) is 17.8 Å². The van der Waals surface area contributed by atoms with Crippen molar-refractivity contribution >= 4 is 11.7 Å². The van der Waals surface area contributed by atoms with Gasteiger partial charge < -0.3 is 10.7 Å². The number of rotatable bonds is 4. The molecule has 6 heteroatoms. The molecule has 0 unspecified atom stereocenters. The molecular weight excluding hydrogens is 218 g/mol. The van der Waals surface area contributed by atoms with Crippen molar-refractivity contribution in [2.75, 3.05) is 12.0 Å². The summed E-state index contributed by atoms with van der Waals surface area (Å²) in [6, 6.07) is 3.22. The summed E-state index contributed by atoms with van der Waals surface area (Å²) in [6.07, 6.45) is 3.60. The van der Waals surface area contributed by atoms with Gasteiger partial charge in [0.15, 0.2) is 11.5 Å². The van der Waals surface area contributed by atoms with Gasteiger partial charge in [0.25, 0.3) is 5.91 Å². The fourth-order valence-corrected chi connectivity index (χ4v) is 1.87. The summed E-state index contributed by atoms with van der Waals surface area (Å²) >= 11 is 0. The second-order valence-electron chi connectivity index (χ2n) is 4.80. The van der Waals surface area contributed by atoms with Crippen LogP contribution in [-0.4, -0.2) is 22.6 Å². The number of nitrogens with one attached hydrogen (secondary N) is 2. The Kier molecular flexibility index (Phi) is 3.23. The Bertz CT molecular complexity index is 399. The maximum absolute atomic E-state index is 11.8. The van der Waals surface area contributed by atoms with Gasteiger partial charge in [-0.05, 0) is 30.4 Å². The third-order valence-electron chi connectivity index (χ3n) is 3.28. The zero-order valence-electron chi connectivity index (χ0n) is 9.86. The molecule has 1 fully saturated rings. The van der Waals surface area contributed by atoms with E-state index in [1.807, 2.05) is 0 Å². The van der Waals surface area contributed by atoms with Crippen molar-refractivity contribution in [3.63, 3.8) is 0 Å². The number of carbonyl (C=O) groups excluding carboxylic acids is 1. The molecule has 1 aromatic heterocycles. The summed E-state index contributed by atoms with van der Waals surface area (Å²) < 4.78 is 0. The second-order valence-corrected chi connectivity index (χ2v) is 4.80. The van der Waals surface area contributed by atoms with E-state index in [1.165, 1.54) is 19.3 Å². The van der Waals surface area contributed by atoms with Crippen LogP contribution in [0, 0.1) is 5.41 Å². The van der Waals surface area contributed by atoms with Gasteiger partial charge in [-0.15, -0.1) is 10.2 Å². The maximum atomic E-state index is 11.8. The lowest BCUT2D eigenvalue weighted by Gasteiger charge is -2.38. The van der Waals surface area contributed by atoms with E-state index < -0.39 is 0 Å². The summed E-state index contributed by atoms with van der Waals surface area (Å²) in [6.45, 7) is 2.88. The number of anilines is 1. The van der Waals surface area contributed by atoms with Gasteiger partial charge in [-0.3, -0.25) is 4.79 Å². The Morgan fingerprint density at radius 2 is 2.24 bits per heavy atom. The summed E-state index contributed by atoms with van der Waals surface area (Å²) in [5, 5.41) is 10.4. The van der Waals surface area contributed by atoms with Gasteiger partial charge in [-0.2, -0.15) is 0 Å². The number of amides is 1. The molecule has 17 heavy (non-hydrogen) atoms. The first-order chi connectivity index (χ1) is 8.13. The van der Waals surface area contributed by atoms with Crippen molar-refractivity contribution in [3.8, 4) is 0 Å². The minimum absolute atomic E-state index is 0.186. The highest BCUT2D eigenvalue weighted by atomic mass is 16.1. The Morgan fingerprint density at radius 1 is 1.47 bits per heavy atom. The molecule has 0 aliphatic heterocycles. The number of nitrogens with zero attached hydrogens (tertiary/aromatic N) is 2. The lowest BCUT2D eigenvalue weighted by molar-refractivity contribution is 0.0885. The predicted octanol–water partition coefficient (Wildman–Crippen LogP) is 0.682. The van der Waals surface area contributed by atoms with Crippen LogP contribution >= 0.6 is 0 Å². The van der Waals surface area contributed by atoms with Gasteiger partial charge in [0.2, 0.25) is 0 Å². The average molecular weight is 235 g/mol. The van der Waals surface area contributed by atoms with Crippen molar-refractivity contribution in [1.29, 1.82) is 0 Å². The molecule has 92 valence electrons. The van der Waals surface area contributed by atoms with Crippen molar-refractivity contribution < 1.29 is 4.79 Å². The van der Waals surface area contributed by atoms with Gasteiger partial charge in [0.05, 0.1) is 0 Å². The molecule has 1 aromatic rings. The van der Waals surface area contributed by atoms with Gasteiger partial charge in [-0.25, -0.2) is 5.84 Å². The molecule has 1 saturated carbocycles. The summed E-state index contributed by atoms with van der Waals surface area (Å²) in [5.74, 6) is 5.42. The highest BCUT2D eigenvalue weighted by molar-refractivity contribution is 5.92. The molecule has 1 aliphatic carbocycles. The van der Waals surface area contributed by atoms with E-state index in [-0.39, 0.29) is 11.3 Å². The number of carbonyl (C=O) groups is 1. The maximum Gasteiger partial charge on any atom is 0.271 e. The van der Waals surface area contributed by atoms with E-state index in [9.17, 15) is 4.79 Å². The molecule has 1 heterocycles. The smallest absolute Gasteiger partial charge is 0.271 e. The highest BCUT2D eigenvalue weighted by Crippen LogP contribution is 2.39. The van der Waals surface area contributed by atoms with E-state index in [2.05, 4.69) is 27.9 Å². The minimum Gasteiger partial charge on any atom is -0.350 e. The molecule has 0 spiro atoms. The molecule has 1 aliphatic rings. The van der Waals surface area contributed by atoms with E-state index in [4.69, 9.17) is 5.84 Å². The highest BCUT2D eigenvalue weighted by Gasteiger charge is 2.32. The third kappa shape index (κ3) is 2.71. The van der Waals surface area contributed by atoms with Crippen LogP contribution in [0.15, 0.2) is 12.1 Å². The fourth-order valence-electron chi connectivity index (χ4n) is 1.87. The topological polar surface area (TPSA) is 92.9 Å². The quantitative estimate of drug-likeness (QED) is 0.527. The zero-order valence-corrected chi connectivity index (χ0v) is 9.86. The SMILES string of the molecule is CC1(CNC(=O)c2ccc(NN)nn2)CCC1. The molecule has 0 atom stereocenters. The molecule has 1 amide bonds. The van der Waals surface area contributed by atoms with Gasteiger partial charge in [0.1, 0.15) is 0 Å². The van der Waals surface area contributed by atoms with Crippen LogP contribution in [0.5, 0.6) is 0 Å². The van der Waals surface area contributed by atoms with Crippen molar-refractivity contribution in [1.82, 2.24) is 15.5 Å². The lowest BCUT2D eigenvalue weighted by atomic mass is 9.70. The van der Waals surface area contributed by atoms with E-state index >= 15 is 0 Å². The van der Waals surface area contributed by atoms with Gasteiger partial charge in [0, 0.05) is 6.54 Å². The van der Waals surface area contributed by atoms with Crippen LogP contribution < -0.4 is 16.6 Å².